The maximum Gasteiger partial charge on any atom is 0.221 e. The topological polar surface area (TPSA) is 54.9 Å². The molecule has 0 radical (unpaired) electrons. The molecule has 1 aromatic carbocycles. The van der Waals surface area contributed by atoms with Crippen LogP contribution in [0.3, 0.4) is 0 Å². The van der Waals surface area contributed by atoms with Crippen LogP contribution in [0.4, 0.5) is 0 Å². The molecule has 26 heavy (non-hydrogen) atoms. The van der Waals surface area contributed by atoms with E-state index in [4.69, 9.17) is 0 Å². The van der Waals surface area contributed by atoms with Gasteiger partial charge in [0.05, 0.1) is 17.2 Å². The lowest BCUT2D eigenvalue weighted by Gasteiger charge is -2.20. The molecule has 1 amide bonds. The molecule has 1 N–H and O–H groups in total. The van der Waals surface area contributed by atoms with Crippen molar-refractivity contribution < 1.29 is 4.79 Å². The Morgan fingerprint density at radius 1 is 1.15 bits per heavy atom. The molecule has 3 aromatic rings. The Labute approximate surface area is 158 Å². The number of benzene rings is 1. The monoisotopic (exact) mass is 365 g/mol. The van der Waals surface area contributed by atoms with Gasteiger partial charge in [-0.05, 0) is 55.5 Å². The van der Waals surface area contributed by atoms with Crippen LogP contribution in [-0.4, -0.2) is 15.9 Å². The molecular formula is C21H23N3OS. The summed E-state index contributed by atoms with van der Waals surface area (Å²) in [6, 6.07) is 10.0. The Kier molecular flexibility index (Phi) is 5.78. The fourth-order valence-corrected chi connectivity index (χ4v) is 3.66. The van der Waals surface area contributed by atoms with Crippen molar-refractivity contribution >= 4 is 17.2 Å². The smallest absolute Gasteiger partial charge is 0.221 e. The Morgan fingerprint density at radius 2 is 2.00 bits per heavy atom. The van der Waals surface area contributed by atoms with Crippen molar-refractivity contribution in [2.75, 3.05) is 0 Å². The summed E-state index contributed by atoms with van der Waals surface area (Å²) in [5.74, 6) is 0.0323. The molecule has 0 bridgehead atoms. The number of amides is 1. The number of nitrogens with one attached hydrogen (secondary N) is 1. The maximum absolute atomic E-state index is 12.6. The van der Waals surface area contributed by atoms with Gasteiger partial charge in [-0.3, -0.25) is 9.78 Å². The van der Waals surface area contributed by atoms with Crippen LogP contribution in [-0.2, 0) is 11.2 Å². The number of pyridine rings is 1. The first kappa shape index (κ1) is 18.3. The Hall–Kier alpha value is -2.53. The van der Waals surface area contributed by atoms with E-state index in [1.807, 2.05) is 30.8 Å². The van der Waals surface area contributed by atoms with E-state index in [1.165, 1.54) is 16.0 Å². The SMILES string of the molecule is Cc1ccc(C(NC(=O)CCc2scnc2C)c2cccnc2)cc1C. The molecule has 1 atom stereocenters. The number of aryl methyl sites for hydroxylation is 4. The van der Waals surface area contributed by atoms with Gasteiger partial charge in [-0.25, -0.2) is 4.98 Å². The lowest BCUT2D eigenvalue weighted by Crippen LogP contribution is -2.29. The Morgan fingerprint density at radius 3 is 2.65 bits per heavy atom. The van der Waals surface area contributed by atoms with Gasteiger partial charge >= 0.3 is 0 Å². The normalized spacial score (nSPS) is 12.0. The second-order valence-corrected chi connectivity index (χ2v) is 7.43. The minimum absolute atomic E-state index is 0.0323. The number of carbonyl (C=O) groups is 1. The van der Waals surface area contributed by atoms with Gasteiger partial charge in [-0.2, -0.15) is 0 Å². The number of nitrogens with zero attached hydrogens (tertiary/aromatic N) is 2. The van der Waals surface area contributed by atoms with Gasteiger partial charge in [0.25, 0.3) is 0 Å². The van der Waals surface area contributed by atoms with Crippen molar-refractivity contribution in [3.63, 3.8) is 0 Å². The van der Waals surface area contributed by atoms with Gasteiger partial charge in [0.15, 0.2) is 0 Å². The van der Waals surface area contributed by atoms with E-state index in [9.17, 15) is 4.79 Å². The van der Waals surface area contributed by atoms with Crippen LogP contribution in [0.5, 0.6) is 0 Å². The average molecular weight is 366 g/mol. The first-order valence-electron chi connectivity index (χ1n) is 8.70. The molecule has 0 saturated heterocycles. The van der Waals surface area contributed by atoms with Crippen LogP contribution in [0.15, 0.2) is 48.2 Å². The van der Waals surface area contributed by atoms with E-state index >= 15 is 0 Å². The first-order chi connectivity index (χ1) is 12.5. The van der Waals surface area contributed by atoms with Crippen LogP contribution >= 0.6 is 11.3 Å². The molecule has 0 aliphatic carbocycles. The van der Waals surface area contributed by atoms with Crippen LogP contribution < -0.4 is 5.32 Å². The standard InChI is InChI=1S/C21H23N3OS/c1-14-6-7-17(11-15(14)2)21(18-5-4-10-22-12-18)24-20(25)9-8-19-16(3)23-13-26-19/h4-7,10-13,21H,8-9H2,1-3H3,(H,24,25). The van der Waals surface area contributed by atoms with Crippen molar-refractivity contribution in [2.24, 2.45) is 0 Å². The van der Waals surface area contributed by atoms with Crippen LogP contribution in [0.25, 0.3) is 0 Å². The molecule has 2 aromatic heterocycles. The summed E-state index contributed by atoms with van der Waals surface area (Å²) in [6.07, 6.45) is 4.72. The fourth-order valence-electron chi connectivity index (χ4n) is 2.88. The maximum atomic E-state index is 12.6. The van der Waals surface area contributed by atoms with Crippen molar-refractivity contribution in [2.45, 2.75) is 39.7 Å². The summed E-state index contributed by atoms with van der Waals surface area (Å²) in [5.41, 5.74) is 7.36. The van der Waals surface area contributed by atoms with Crippen LogP contribution in [0.1, 0.15) is 45.3 Å². The minimum atomic E-state index is -0.196. The molecule has 134 valence electrons. The molecule has 0 aliphatic heterocycles. The number of hydrogen-bond acceptors (Lipinski definition) is 4. The van der Waals surface area contributed by atoms with Crippen molar-refractivity contribution in [1.29, 1.82) is 0 Å². The highest BCUT2D eigenvalue weighted by Crippen LogP contribution is 2.24. The van der Waals surface area contributed by atoms with Crippen LogP contribution in [0, 0.1) is 20.8 Å². The summed E-state index contributed by atoms with van der Waals surface area (Å²) < 4.78 is 0. The molecule has 3 rings (SSSR count). The summed E-state index contributed by atoms with van der Waals surface area (Å²) >= 11 is 1.61. The van der Waals surface area contributed by atoms with Gasteiger partial charge in [-0.1, -0.05) is 24.3 Å². The van der Waals surface area contributed by atoms with Gasteiger partial charge in [0, 0.05) is 23.7 Å². The highest BCUT2D eigenvalue weighted by Gasteiger charge is 2.18. The molecule has 4 nitrogen and oxygen atoms in total. The van der Waals surface area contributed by atoms with E-state index in [0.29, 0.717) is 6.42 Å². The number of hydrogen-bond donors (Lipinski definition) is 1. The van der Waals surface area contributed by atoms with E-state index in [1.54, 1.807) is 17.5 Å². The zero-order valence-corrected chi connectivity index (χ0v) is 16.1. The largest absolute Gasteiger partial charge is 0.345 e. The predicted octanol–water partition coefficient (Wildman–Crippen LogP) is 4.30. The molecule has 0 aliphatic rings. The summed E-state index contributed by atoms with van der Waals surface area (Å²) in [5, 5.41) is 3.18. The number of rotatable bonds is 6. The lowest BCUT2D eigenvalue weighted by atomic mass is 9.96. The number of carbonyl (C=O) groups excluding carboxylic acids is 1. The molecule has 2 heterocycles. The molecule has 1 unspecified atom stereocenters. The van der Waals surface area contributed by atoms with Gasteiger partial charge in [-0.15, -0.1) is 11.3 Å². The zero-order chi connectivity index (χ0) is 18.5. The van der Waals surface area contributed by atoms with E-state index < -0.39 is 0 Å². The molecular weight excluding hydrogens is 342 g/mol. The summed E-state index contributed by atoms with van der Waals surface area (Å²) in [6.45, 7) is 6.17. The highest BCUT2D eigenvalue weighted by molar-refractivity contribution is 7.09. The Bertz CT molecular complexity index is 889. The molecule has 0 spiro atoms. The second kappa shape index (κ2) is 8.23. The lowest BCUT2D eigenvalue weighted by molar-refractivity contribution is -0.121. The van der Waals surface area contributed by atoms with Crippen molar-refractivity contribution in [1.82, 2.24) is 15.3 Å². The van der Waals surface area contributed by atoms with E-state index in [2.05, 4.69) is 47.3 Å². The van der Waals surface area contributed by atoms with E-state index in [0.717, 1.165) is 23.2 Å². The third-order valence-corrected chi connectivity index (χ3v) is 5.61. The van der Waals surface area contributed by atoms with Gasteiger partial charge < -0.3 is 5.32 Å². The van der Waals surface area contributed by atoms with Crippen molar-refractivity contribution in [3.8, 4) is 0 Å². The summed E-state index contributed by atoms with van der Waals surface area (Å²) in [7, 11) is 0. The highest BCUT2D eigenvalue weighted by atomic mass is 32.1. The fraction of sp³-hybridized carbons (Fsp3) is 0.286. The van der Waals surface area contributed by atoms with Gasteiger partial charge in [0.1, 0.15) is 0 Å². The van der Waals surface area contributed by atoms with E-state index in [-0.39, 0.29) is 11.9 Å². The average Bonchev–Trinajstić information content (AvgIpc) is 3.06. The molecule has 0 fully saturated rings. The molecule has 5 heteroatoms. The third-order valence-electron chi connectivity index (χ3n) is 4.61. The number of aromatic nitrogens is 2. The third kappa shape index (κ3) is 4.35. The van der Waals surface area contributed by atoms with Gasteiger partial charge in [0.2, 0.25) is 5.91 Å². The number of thiazole rings is 1. The Balaban J connectivity index is 1.78. The predicted molar refractivity (Wildman–Crippen MR) is 105 cm³/mol. The molecule has 0 saturated carbocycles. The quantitative estimate of drug-likeness (QED) is 0.708. The zero-order valence-electron chi connectivity index (χ0n) is 15.3. The van der Waals surface area contributed by atoms with Crippen LogP contribution in [0.2, 0.25) is 0 Å². The summed E-state index contributed by atoms with van der Waals surface area (Å²) in [4.78, 5) is 22.2. The first-order valence-corrected chi connectivity index (χ1v) is 9.58. The van der Waals surface area contributed by atoms with Crippen molar-refractivity contribution in [3.05, 3.63) is 81.1 Å². The second-order valence-electron chi connectivity index (χ2n) is 6.49. The minimum Gasteiger partial charge on any atom is -0.345 e.